The Bertz CT molecular complexity index is 429. The van der Waals surface area contributed by atoms with E-state index in [0.29, 0.717) is 125 Å². The third-order valence-electron chi connectivity index (χ3n) is 4.17. The molecule has 0 atom stereocenters. The van der Waals surface area contributed by atoms with Crippen molar-refractivity contribution in [2.45, 2.75) is 33.3 Å². The Kier molecular flexibility index (Phi) is 28.6. The Morgan fingerprint density at radius 3 is 1.09 bits per heavy atom. The summed E-state index contributed by atoms with van der Waals surface area (Å²) in [5, 5.41) is 2.74. The number of hydrogen-bond acceptors (Lipinski definition) is 10. The highest BCUT2D eigenvalue weighted by Gasteiger charge is 1.97. The van der Waals surface area contributed by atoms with Gasteiger partial charge in [0.25, 0.3) is 0 Å². The van der Waals surface area contributed by atoms with E-state index in [4.69, 9.17) is 42.6 Å². The summed E-state index contributed by atoms with van der Waals surface area (Å²) >= 11 is 0. The van der Waals surface area contributed by atoms with Crippen molar-refractivity contribution < 1.29 is 47.4 Å². The van der Waals surface area contributed by atoms with Crippen LogP contribution in [0.4, 0.5) is 0 Å². The van der Waals surface area contributed by atoms with Crippen LogP contribution in [-0.2, 0) is 47.4 Å². The lowest BCUT2D eigenvalue weighted by atomic mass is 10.4. The molecule has 0 aromatic carbocycles. The van der Waals surface area contributed by atoms with Gasteiger partial charge in [-0.3, -0.25) is 4.79 Å². The fraction of sp³-hybridized carbons (Fsp3) is 0.958. The first kappa shape index (κ1) is 34.1. The van der Waals surface area contributed by atoms with E-state index < -0.39 is 0 Å². The molecule has 1 amide bonds. The maximum atomic E-state index is 11.0. The topological polar surface area (TPSA) is 112 Å². The van der Waals surface area contributed by atoms with Gasteiger partial charge in [0.1, 0.15) is 0 Å². The molecular formula is C24H49NO10. The third-order valence-corrected chi connectivity index (χ3v) is 4.17. The van der Waals surface area contributed by atoms with E-state index in [1.807, 2.05) is 20.8 Å². The number of rotatable bonds is 29. The molecule has 1 N–H and O–H groups in total. The number of ether oxygens (including phenoxy) is 9. The van der Waals surface area contributed by atoms with Crippen LogP contribution in [0, 0.1) is 0 Å². The summed E-state index contributed by atoms with van der Waals surface area (Å²) in [6.07, 6.45) is 0.721. The monoisotopic (exact) mass is 511 g/mol. The molecule has 0 fully saturated rings. The van der Waals surface area contributed by atoms with Gasteiger partial charge in [-0.1, -0.05) is 6.92 Å². The molecule has 0 heterocycles. The average Bonchev–Trinajstić information content (AvgIpc) is 2.85. The van der Waals surface area contributed by atoms with Crippen LogP contribution in [0.1, 0.15) is 27.2 Å². The zero-order valence-corrected chi connectivity index (χ0v) is 22.1. The van der Waals surface area contributed by atoms with Crippen LogP contribution in [-0.4, -0.2) is 131 Å². The van der Waals surface area contributed by atoms with E-state index in [1.165, 1.54) is 0 Å². The van der Waals surface area contributed by atoms with Gasteiger partial charge in [-0.2, -0.15) is 0 Å². The van der Waals surface area contributed by atoms with E-state index in [2.05, 4.69) is 5.32 Å². The third kappa shape index (κ3) is 31.1. The van der Waals surface area contributed by atoms with Gasteiger partial charge in [0, 0.05) is 13.0 Å². The molecule has 11 heteroatoms. The van der Waals surface area contributed by atoms with Gasteiger partial charge >= 0.3 is 0 Å². The second-order valence-corrected chi connectivity index (χ2v) is 7.52. The van der Waals surface area contributed by atoms with Gasteiger partial charge in [-0.05, 0) is 13.8 Å². The standard InChI is InChI=1S/C24H49NO10/c1-4-24(26)25-5-6-27-7-8-28-9-10-29-11-12-30-13-14-31-15-16-32-17-18-33-19-20-34-21-22-35-23(2)3/h23H,4-22H2,1-3H3,(H,25,26). The maximum absolute atomic E-state index is 11.0. The molecule has 0 aliphatic heterocycles. The number of carbonyl (C=O) groups excluding carboxylic acids is 1. The molecule has 0 aliphatic carbocycles. The van der Waals surface area contributed by atoms with Crippen LogP contribution in [0.3, 0.4) is 0 Å². The first-order valence-electron chi connectivity index (χ1n) is 12.7. The molecule has 11 nitrogen and oxygen atoms in total. The summed E-state index contributed by atoms with van der Waals surface area (Å²) in [5.41, 5.74) is 0. The molecular weight excluding hydrogens is 462 g/mol. The summed E-state index contributed by atoms with van der Waals surface area (Å²) in [6, 6.07) is 0. The lowest BCUT2D eigenvalue weighted by Gasteiger charge is -2.09. The van der Waals surface area contributed by atoms with E-state index in [-0.39, 0.29) is 12.0 Å². The highest BCUT2D eigenvalue weighted by atomic mass is 16.6. The fourth-order valence-electron chi connectivity index (χ4n) is 2.37. The van der Waals surface area contributed by atoms with Crippen LogP contribution in [0.15, 0.2) is 0 Å². The molecule has 0 saturated heterocycles. The summed E-state index contributed by atoms with van der Waals surface area (Å²) in [7, 11) is 0. The highest BCUT2D eigenvalue weighted by Crippen LogP contribution is 1.88. The highest BCUT2D eigenvalue weighted by molar-refractivity contribution is 5.75. The average molecular weight is 512 g/mol. The second-order valence-electron chi connectivity index (χ2n) is 7.52. The van der Waals surface area contributed by atoms with Crippen molar-refractivity contribution in [2.24, 2.45) is 0 Å². The first-order valence-corrected chi connectivity index (χ1v) is 12.7. The maximum Gasteiger partial charge on any atom is 0.219 e. The Morgan fingerprint density at radius 2 is 0.800 bits per heavy atom. The van der Waals surface area contributed by atoms with Crippen LogP contribution in [0.25, 0.3) is 0 Å². The smallest absolute Gasteiger partial charge is 0.219 e. The van der Waals surface area contributed by atoms with Gasteiger partial charge in [0.05, 0.1) is 118 Å². The van der Waals surface area contributed by atoms with Gasteiger partial charge in [0.2, 0.25) is 5.91 Å². The van der Waals surface area contributed by atoms with E-state index in [9.17, 15) is 4.79 Å². The van der Waals surface area contributed by atoms with Crippen LogP contribution >= 0.6 is 0 Å². The van der Waals surface area contributed by atoms with Crippen molar-refractivity contribution in [1.29, 1.82) is 0 Å². The first-order chi connectivity index (χ1) is 17.2. The molecule has 0 rings (SSSR count). The molecule has 0 bridgehead atoms. The number of carbonyl (C=O) groups is 1. The fourth-order valence-corrected chi connectivity index (χ4v) is 2.37. The minimum Gasteiger partial charge on any atom is -0.377 e. The van der Waals surface area contributed by atoms with Crippen LogP contribution in [0.2, 0.25) is 0 Å². The van der Waals surface area contributed by atoms with Crippen molar-refractivity contribution in [2.75, 3.05) is 119 Å². The zero-order valence-electron chi connectivity index (χ0n) is 22.1. The summed E-state index contributed by atoms with van der Waals surface area (Å²) in [4.78, 5) is 11.0. The SMILES string of the molecule is CCC(=O)NCCOCCOCCOCCOCCOCCOCCOCCOCCOC(C)C. The van der Waals surface area contributed by atoms with Gasteiger partial charge in [0.15, 0.2) is 0 Å². The van der Waals surface area contributed by atoms with Gasteiger partial charge in [-0.25, -0.2) is 0 Å². The Morgan fingerprint density at radius 1 is 0.514 bits per heavy atom. The minimum atomic E-state index is 0.0305. The molecule has 35 heavy (non-hydrogen) atoms. The van der Waals surface area contributed by atoms with Crippen molar-refractivity contribution in [3.63, 3.8) is 0 Å². The van der Waals surface area contributed by atoms with Crippen molar-refractivity contribution in [1.82, 2.24) is 5.32 Å². The molecule has 0 aromatic rings. The molecule has 0 radical (unpaired) electrons. The number of hydrogen-bond donors (Lipinski definition) is 1. The van der Waals surface area contributed by atoms with Gasteiger partial charge in [-0.15, -0.1) is 0 Å². The van der Waals surface area contributed by atoms with Crippen molar-refractivity contribution in [3.8, 4) is 0 Å². The minimum absolute atomic E-state index is 0.0305. The number of nitrogens with one attached hydrogen (secondary N) is 1. The predicted molar refractivity (Wildman–Crippen MR) is 131 cm³/mol. The van der Waals surface area contributed by atoms with Crippen LogP contribution in [0.5, 0.6) is 0 Å². The number of amides is 1. The summed E-state index contributed by atoms with van der Waals surface area (Å²) < 4.78 is 48.7. The molecule has 0 aromatic heterocycles. The molecule has 210 valence electrons. The van der Waals surface area contributed by atoms with E-state index >= 15 is 0 Å². The summed E-state index contributed by atoms with van der Waals surface area (Å²) in [6.45, 7) is 15.3. The zero-order chi connectivity index (χ0) is 25.7. The molecule has 0 unspecified atom stereocenters. The quantitative estimate of drug-likeness (QED) is 0.146. The van der Waals surface area contributed by atoms with E-state index in [0.717, 1.165) is 0 Å². The van der Waals surface area contributed by atoms with Crippen LogP contribution < -0.4 is 5.32 Å². The molecule has 0 spiro atoms. The molecule has 0 saturated carbocycles. The normalized spacial score (nSPS) is 11.4. The lowest BCUT2D eigenvalue weighted by molar-refractivity contribution is -0.121. The Labute approximate surface area is 211 Å². The predicted octanol–water partition coefficient (Wildman–Crippen LogP) is 1.07. The Hall–Kier alpha value is -0.890. The largest absolute Gasteiger partial charge is 0.377 e. The second kappa shape index (κ2) is 29.3. The summed E-state index contributed by atoms with van der Waals surface area (Å²) in [5.74, 6) is 0.0305. The Balaban J connectivity index is 3.04. The lowest BCUT2D eigenvalue weighted by Crippen LogP contribution is -2.26. The van der Waals surface area contributed by atoms with Crippen molar-refractivity contribution >= 4 is 5.91 Å². The molecule has 0 aliphatic rings. The van der Waals surface area contributed by atoms with Crippen molar-refractivity contribution in [3.05, 3.63) is 0 Å². The van der Waals surface area contributed by atoms with Gasteiger partial charge < -0.3 is 47.9 Å². The van der Waals surface area contributed by atoms with E-state index in [1.54, 1.807) is 0 Å².